The summed E-state index contributed by atoms with van der Waals surface area (Å²) in [6.07, 6.45) is -5.98. The van der Waals surface area contributed by atoms with Gasteiger partial charge in [0.25, 0.3) is 5.78 Å². The number of hydrogen-bond donors (Lipinski definition) is 1. The third kappa shape index (κ3) is 5.04. The lowest BCUT2D eigenvalue weighted by Gasteiger charge is -2.21. The number of benzene rings is 1. The van der Waals surface area contributed by atoms with Crippen molar-refractivity contribution in [1.82, 2.24) is 0 Å². The molecule has 0 aliphatic heterocycles. The third-order valence-corrected chi connectivity index (χ3v) is 2.63. The van der Waals surface area contributed by atoms with Crippen LogP contribution in [0.4, 0.5) is 23.7 Å². The highest BCUT2D eigenvalue weighted by Gasteiger charge is 2.40. The minimum atomic E-state index is -5.07. The van der Waals surface area contributed by atoms with Crippen LogP contribution in [0.1, 0.15) is 31.1 Å². The van der Waals surface area contributed by atoms with Crippen LogP contribution in [0.25, 0.3) is 0 Å². The molecule has 1 amide bonds. The van der Waals surface area contributed by atoms with Gasteiger partial charge in [-0.05, 0) is 32.9 Å². The lowest BCUT2D eigenvalue weighted by molar-refractivity contribution is -0.0885. The molecule has 6 nitrogen and oxygen atoms in total. The molecule has 0 saturated carbocycles. The predicted octanol–water partition coefficient (Wildman–Crippen LogP) is 3.80. The monoisotopic (exact) mass is 349 g/mol. The normalized spacial score (nSPS) is 11.7. The Kier molecular flexibility index (Phi) is 5.70. The Bertz CT molecular complexity index is 635. The van der Waals surface area contributed by atoms with Crippen LogP contribution in [-0.2, 0) is 4.74 Å². The number of anilines is 1. The van der Waals surface area contributed by atoms with Gasteiger partial charge in [-0.3, -0.25) is 10.1 Å². The van der Waals surface area contributed by atoms with E-state index in [-0.39, 0.29) is 17.2 Å². The van der Waals surface area contributed by atoms with Gasteiger partial charge in [-0.2, -0.15) is 13.2 Å². The van der Waals surface area contributed by atoms with Gasteiger partial charge in [0, 0.05) is 5.56 Å². The van der Waals surface area contributed by atoms with Gasteiger partial charge in [-0.25, -0.2) is 4.79 Å². The minimum Gasteiger partial charge on any atom is -0.493 e. The molecule has 1 aromatic carbocycles. The van der Waals surface area contributed by atoms with E-state index in [0.29, 0.717) is 0 Å². The van der Waals surface area contributed by atoms with Crippen molar-refractivity contribution in [1.29, 1.82) is 0 Å². The maximum Gasteiger partial charge on any atom is 0.454 e. The van der Waals surface area contributed by atoms with Gasteiger partial charge in [0.1, 0.15) is 5.60 Å². The molecule has 1 N–H and O–H groups in total. The van der Waals surface area contributed by atoms with E-state index >= 15 is 0 Å². The molecule has 0 aliphatic carbocycles. The number of carbonyl (C=O) groups excluding carboxylic acids is 2. The van der Waals surface area contributed by atoms with Gasteiger partial charge in [0.05, 0.1) is 19.9 Å². The average Bonchev–Trinajstić information content (AvgIpc) is 2.42. The number of hydrogen-bond acceptors (Lipinski definition) is 5. The minimum absolute atomic E-state index is 0.0397. The Morgan fingerprint density at radius 2 is 1.62 bits per heavy atom. The molecule has 0 bridgehead atoms. The Morgan fingerprint density at radius 3 is 2.04 bits per heavy atom. The topological polar surface area (TPSA) is 73.9 Å². The van der Waals surface area contributed by atoms with Crippen LogP contribution in [-0.4, -0.2) is 37.9 Å². The molecule has 0 atom stereocenters. The van der Waals surface area contributed by atoms with Gasteiger partial charge in [-0.1, -0.05) is 0 Å². The summed E-state index contributed by atoms with van der Waals surface area (Å²) in [5, 5.41) is 2.25. The van der Waals surface area contributed by atoms with Crippen LogP contribution < -0.4 is 14.8 Å². The highest BCUT2D eigenvalue weighted by Crippen LogP contribution is 2.38. The number of nitrogens with one attached hydrogen (secondary N) is 1. The summed E-state index contributed by atoms with van der Waals surface area (Å²) in [6.45, 7) is 4.86. The fraction of sp³-hybridized carbons (Fsp3) is 0.467. The van der Waals surface area contributed by atoms with Crippen molar-refractivity contribution in [2.24, 2.45) is 0 Å². The van der Waals surface area contributed by atoms with E-state index in [1.807, 2.05) is 0 Å². The number of amides is 1. The van der Waals surface area contributed by atoms with E-state index < -0.39 is 29.2 Å². The van der Waals surface area contributed by atoms with Gasteiger partial charge in [-0.15, -0.1) is 0 Å². The molecule has 24 heavy (non-hydrogen) atoms. The molecular formula is C15H18F3NO5. The van der Waals surface area contributed by atoms with Gasteiger partial charge in [0.2, 0.25) is 0 Å². The summed E-state index contributed by atoms with van der Waals surface area (Å²) < 4.78 is 52.9. The summed E-state index contributed by atoms with van der Waals surface area (Å²) in [7, 11) is 2.43. The van der Waals surface area contributed by atoms with Gasteiger partial charge >= 0.3 is 12.3 Å². The largest absolute Gasteiger partial charge is 0.493 e. The molecule has 0 fully saturated rings. The molecule has 1 aromatic rings. The Morgan fingerprint density at radius 1 is 1.04 bits per heavy atom. The van der Waals surface area contributed by atoms with Crippen molar-refractivity contribution in [2.75, 3.05) is 19.5 Å². The summed E-state index contributed by atoms with van der Waals surface area (Å²) in [5.41, 5.74) is -1.70. The molecule has 0 aromatic heterocycles. The van der Waals surface area contributed by atoms with Crippen molar-refractivity contribution >= 4 is 17.6 Å². The Balaban J connectivity index is 3.31. The number of halogens is 3. The van der Waals surface area contributed by atoms with Crippen molar-refractivity contribution in [3.05, 3.63) is 17.7 Å². The van der Waals surface area contributed by atoms with Crippen molar-refractivity contribution < 1.29 is 37.0 Å². The molecule has 0 unspecified atom stereocenters. The zero-order valence-corrected chi connectivity index (χ0v) is 13.8. The maximum atomic E-state index is 12.6. The van der Waals surface area contributed by atoms with E-state index in [4.69, 9.17) is 14.2 Å². The number of rotatable bonds is 4. The lowest BCUT2D eigenvalue weighted by atomic mass is 10.1. The zero-order chi connectivity index (χ0) is 18.7. The quantitative estimate of drug-likeness (QED) is 0.837. The fourth-order valence-corrected chi connectivity index (χ4v) is 1.77. The second kappa shape index (κ2) is 6.98. The third-order valence-electron chi connectivity index (χ3n) is 2.63. The number of ether oxygens (including phenoxy) is 3. The highest BCUT2D eigenvalue weighted by atomic mass is 19.4. The average molecular weight is 349 g/mol. The van der Waals surface area contributed by atoms with Crippen molar-refractivity contribution in [3.63, 3.8) is 0 Å². The first-order chi connectivity index (χ1) is 10.9. The first kappa shape index (κ1) is 19.6. The number of carbonyl (C=O) groups is 2. The van der Waals surface area contributed by atoms with Crippen LogP contribution in [0.15, 0.2) is 12.1 Å². The van der Waals surface area contributed by atoms with Crippen LogP contribution in [0.5, 0.6) is 11.5 Å². The molecule has 0 radical (unpaired) electrons. The SMILES string of the molecule is COc1cc(C(=O)C(F)(F)F)cc(NC(=O)OC(C)(C)C)c1OC. The van der Waals surface area contributed by atoms with E-state index in [9.17, 15) is 22.8 Å². The summed E-state index contributed by atoms with van der Waals surface area (Å²) in [6, 6.07) is 1.73. The summed E-state index contributed by atoms with van der Waals surface area (Å²) in [4.78, 5) is 23.3. The molecule has 1 rings (SSSR count). The molecule has 0 heterocycles. The highest BCUT2D eigenvalue weighted by molar-refractivity contribution is 6.02. The lowest BCUT2D eigenvalue weighted by Crippen LogP contribution is -2.27. The molecule has 0 aliphatic rings. The van der Waals surface area contributed by atoms with Crippen molar-refractivity contribution in [2.45, 2.75) is 32.5 Å². The first-order valence-corrected chi connectivity index (χ1v) is 6.76. The van der Waals surface area contributed by atoms with E-state index in [1.54, 1.807) is 20.8 Å². The number of Topliss-reactive ketones (excluding diaryl/α,β-unsaturated/α-hetero) is 1. The first-order valence-electron chi connectivity index (χ1n) is 6.76. The molecule has 0 spiro atoms. The smallest absolute Gasteiger partial charge is 0.454 e. The maximum absolute atomic E-state index is 12.6. The van der Waals surface area contributed by atoms with E-state index in [2.05, 4.69) is 5.32 Å². The molecule has 0 saturated heterocycles. The van der Waals surface area contributed by atoms with Crippen LogP contribution >= 0.6 is 0 Å². The van der Waals surface area contributed by atoms with Gasteiger partial charge in [0.15, 0.2) is 11.5 Å². The van der Waals surface area contributed by atoms with E-state index in [0.717, 1.165) is 12.1 Å². The molecule has 9 heteroatoms. The predicted molar refractivity (Wildman–Crippen MR) is 79.8 cm³/mol. The fourth-order valence-electron chi connectivity index (χ4n) is 1.77. The van der Waals surface area contributed by atoms with Crippen LogP contribution in [0, 0.1) is 0 Å². The Labute approximate surface area is 136 Å². The van der Waals surface area contributed by atoms with Crippen LogP contribution in [0.3, 0.4) is 0 Å². The van der Waals surface area contributed by atoms with Crippen molar-refractivity contribution in [3.8, 4) is 11.5 Å². The second-order valence-electron chi connectivity index (χ2n) is 5.71. The number of ketones is 1. The number of alkyl halides is 3. The summed E-state index contributed by atoms with van der Waals surface area (Å²) >= 11 is 0. The molecular weight excluding hydrogens is 331 g/mol. The van der Waals surface area contributed by atoms with Crippen LogP contribution in [0.2, 0.25) is 0 Å². The Hall–Kier alpha value is -2.45. The number of methoxy groups -OCH3 is 2. The standard InChI is InChI=1S/C15H18F3NO5/c1-14(2,3)24-13(21)19-9-6-8(12(20)15(16,17)18)7-10(22-4)11(9)23-5/h6-7H,1-5H3,(H,19,21). The summed E-state index contributed by atoms with van der Waals surface area (Å²) in [5.74, 6) is -2.25. The van der Waals surface area contributed by atoms with E-state index in [1.165, 1.54) is 14.2 Å². The second-order valence-corrected chi connectivity index (χ2v) is 5.71. The van der Waals surface area contributed by atoms with Gasteiger partial charge < -0.3 is 14.2 Å². The molecule has 134 valence electrons. The zero-order valence-electron chi connectivity index (χ0n) is 13.8.